The van der Waals surface area contributed by atoms with Gasteiger partial charge in [-0.05, 0) is 0 Å². The van der Waals surface area contributed by atoms with Gasteiger partial charge < -0.3 is 15.1 Å². The Bertz CT molecular complexity index is 11.6. The Balaban J connectivity index is 0. The molecule has 0 aliphatic heterocycles. The Morgan fingerprint density at radius 2 is 1.00 bits per heavy atom. The van der Waals surface area contributed by atoms with Crippen LogP contribution in [0.2, 0.25) is 0 Å². The van der Waals surface area contributed by atoms with Crippen LogP contribution in [0, 0.1) is 0 Å². The normalized spacial score (nSPS) is 5.40. The van der Waals surface area contributed by atoms with Crippen molar-refractivity contribution in [2.45, 2.75) is 0 Å². The van der Waals surface area contributed by atoms with Gasteiger partial charge >= 0.3 is 56.2 Å². The summed E-state index contributed by atoms with van der Waals surface area (Å²) in [5.41, 5.74) is 0. The topological polar surface area (TPSA) is 60.7 Å². The van der Waals surface area contributed by atoms with Crippen LogP contribution in [0.25, 0.3) is 0 Å². The Morgan fingerprint density at radius 1 is 1.00 bits per heavy atom. The Morgan fingerprint density at radius 3 is 1.00 bits per heavy atom. The van der Waals surface area contributed by atoms with Crippen LogP contribution < -0.4 is 0 Å². The molecule has 0 spiro atoms. The third kappa shape index (κ3) is 29.7. The van der Waals surface area contributed by atoms with Gasteiger partial charge in [-0.1, -0.05) is 0 Å². The van der Waals surface area contributed by atoms with E-state index in [4.69, 9.17) is 15.1 Å². The summed E-state index contributed by atoms with van der Waals surface area (Å²) >= 11 is 0. The first-order chi connectivity index (χ1) is 1.73. The molecule has 0 unspecified atom stereocenters. The quantitative estimate of drug-likeness (QED) is 0.380. The largest absolute Gasteiger partial charge is 2.00 e. The average Bonchev–Trinajstić information content (AvgIpc) is 0.811. The second kappa shape index (κ2) is 5.52. The summed E-state index contributed by atoms with van der Waals surface area (Å²) in [6.45, 7) is 0. The van der Waals surface area contributed by atoms with Gasteiger partial charge in [0.15, 0.2) is 0 Å². The maximum Gasteiger partial charge on any atom is 2.00 e. The van der Waals surface area contributed by atoms with E-state index in [1.54, 1.807) is 0 Å². The van der Waals surface area contributed by atoms with Crippen LogP contribution in [0.15, 0.2) is 0 Å². The van der Waals surface area contributed by atoms with E-state index in [1.165, 1.54) is 0 Å². The first-order valence-corrected chi connectivity index (χ1v) is 0.775. The molecule has 0 aromatic carbocycles. The van der Waals surface area contributed by atoms with Crippen molar-refractivity contribution >= 4 is 56.2 Å². The molecule has 3 nitrogen and oxygen atoms in total. The molecule has 0 aromatic heterocycles. The molecule has 0 heterocycles. The van der Waals surface area contributed by atoms with Crippen molar-refractivity contribution < 1.29 is 15.1 Å². The second-order valence-corrected chi connectivity index (χ2v) is 0.346. The number of rotatable bonds is 0. The first kappa shape index (κ1) is 9.72. The first-order valence-electron chi connectivity index (χ1n) is 0.775. The molecule has 5 heavy (non-hydrogen) atoms. The van der Waals surface area contributed by atoms with Gasteiger partial charge in [0, 0.05) is 0 Å². The van der Waals surface area contributed by atoms with E-state index >= 15 is 0 Å². The van der Waals surface area contributed by atoms with Crippen LogP contribution in [-0.4, -0.2) is 71.3 Å². The van der Waals surface area contributed by atoms with Crippen LogP contribution in [0.3, 0.4) is 0 Å². The molecule has 0 aliphatic carbocycles. The fourth-order valence-electron chi connectivity index (χ4n) is 0. The van der Waals surface area contributed by atoms with Gasteiger partial charge in [0.05, 0.1) is 0 Å². The molecule has 0 saturated carbocycles. The number of hydrogen-bond donors (Lipinski definition) is 3. The van der Waals surface area contributed by atoms with E-state index in [9.17, 15) is 0 Å². The molecule has 0 amide bonds. The Hall–Kier alpha value is 1.52. The van der Waals surface area contributed by atoms with Crippen molar-refractivity contribution in [1.29, 1.82) is 0 Å². The maximum atomic E-state index is 7.17. The van der Waals surface area contributed by atoms with E-state index in [1.807, 2.05) is 0 Å². The van der Waals surface area contributed by atoms with Crippen LogP contribution in [0.5, 0.6) is 0 Å². The standard InChI is InChI=1S/BH3O3.Ba/c2-1(3)4;/h2-4H;/q;+2. The molecule has 0 bridgehead atoms. The monoisotopic (exact) mass is 200 g/mol. The van der Waals surface area contributed by atoms with Crippen molar-refractivity contribution in [1.82, 2.24) is 0 Å². The summed E-state index contributed by atoms with van der Waals surface area (Å²) < 4.78 is 0. The minimum Gasteiger partial charge on any atom is -0.402 e. The van der Waals surface area contributed by atoms with Crippen LogP contribution >= 0.6 is 0 Å². The van der Waals surface area contributed by atoms with Gasteiger partial charge in [-0.3, -0.25) is 0 Å². The molecule has 0 aliphatic rings. The number of hydrogen-bond acceptors (Lipinski definition) is 3. The fraction of sp³-hybridized carbons (Fsp3) is 0. The average molecular weight is 199 g/mol. The molecule has 24 valence electrons. The Labute approximate surface area is 70.3 Å². The van der Waals surface area contributed by atoms with Gasteiger partial charge in [0.1, 0.15) is 0 Å². The molecule has 5 heteroatoms. The zero-order valence-electron chi connectivity index (χ0n) is 2.63. The van der Waals surface area contributed by atoms with Crippen molar-refractivity contribution in [2.75, 3.05) is 0 Å². The van der Waals surface area contributed by atoms with E-state index in [0.29, 0.717) is 0 Å². The summed E-state index contributed by atoms with van der Waals surface area (Å²) in [5.74, 6) is 0. The molecule has 0 radical (unpaired) electrons. The van der Waals surface area contributed by atoms with Crippen molar-refractivity contribution in [3.8, 4) is 0 Å². The van der Waals surface area contributed by atoms with E-state index in [0.717, 1.165) is 0 Å². The van der Waals surface area contributed by atoms with Gasteiger partial charge in [0.25, 0.3) is 0 Å². The van der Waals surface area contributed by atoms with E-state index in [-0.39, 0.29) is 48.9 Å². The summed E-state index contributed by atoms with van der Waals surface area (Å²) in [4.78, 5) is 0. The minimum absolute atomic E-state index is 0. The summed E-state index contributed by atoms with van der Waals surface area (Å²) in [7, 11) is -2.17. The zero-order chi connectivity index (χ0) is 3.58. The van der Waals surface area contributed by atoms with Crippen molar-refractivity contribution in [3.05, 3.63) is 0 Å². The summed E-state index contributed by atoms with van der Waals surface area (Å²) in [6.07, 6.45) is 0. The van der Waals surface area contributed by atoms with Gasteiger partial charge in [-0.2, -0.15) is 0 Å². The smallest absolute Gasteiger partial charge is 0.402 e. The fourth-order valence-corrected chi connectivity index (χ4v) is 0. The third-order valence-corrected chi connectivity index (χ3v) is 0. The predicted molar refractivity (Wildman–Crippen MR) is 18.2 cm³/mol. The second-order valence-electron chi connectivity index (χ2n) is 0.346. The van der Waals surface area contributed by atoms with Crippen LogP contribution in [0.4, 0.5) is 0 Å². The van der Waals surface area contributed by atoms with Gasteiger partial charge in [-0.25, -0.2) is 0 Å². The molecule has 3 N–H and O–H groups in total. The SMILES string of the molecule is OB(O)O.[Ba+2]. The third-order valence-electron chi connectivity index (χ3n) is 0. The molecule has 0 fully saturated rings. The predicted octanol–water partition coefficient (Wildman–Crippen LogP) is -2.43. The van der Waals surface area contributed by atoms with E-state index < -0.39 is 7.32 Å². The van der Waals surface area contributed by atoms with Crippen LogP contribution in [-0.2, 0) is 0 Å². The van der Waals surface area contributed by atoms with Crippen molar-refractivity contribution in [2.24, 2.45) is 0 Å². The summed E-state index contributed by atoms with van der Waals surface area (Å²) in [5, 5.41) is 21.5. The van der Waals surface area contributed by atoms with E-state index in [2.05, 4.69) is 0 Å². The molecule has 0 rings (SSSR count). The molecular weight excluding hydrogens is 196 g/mol. The zero-order valence-corrected chi connectivity index (χ0v) is 7.07. The Kier molecular flexibility index (Phi) is 10.7. The van der Waals surface area contributed by atoms with Crippen LogP contribution in [0.1, 0.15) is 0 Å². The molecule has 0 saturated heterocycles. The summed E-state index contributed by atoms with van der Waals surface area (Å²) in [6, 6.07) is 0. The minimum atomic E-state index is -2.17. The maximum absolute atomic E-state index is 7.17. The molecule has 0 atom stereocenters. The molecular formula is H3BBaO3+2. The van der Waals surface area contributed by atoms with Gasteiger partial charge in [0.2, 0.25) is 0 Å². The molecule has 0 aromatic rings. The van der Waals surface area contributed by atoms with Gasteiger partial charge in [-0.15, -0.1) is 0 Å². The van der Waals surface area contributed by atoms with Crippen molar-refractivity contribution in [3.63, 3.8) is 0 Å².